The lowest BCUT2D eigenvalue weighted by Gasteiger charge is -2.19. The summed E-state index contributed by atoms with van der Waals surface area (Å²) in [4.78, 5) is 19.2. The molecule has 2 N–H and O–H groups in total. The number of pyridine rings is 1. The minimum atomic E-state index is -4.61. The minimum absolute atomic E-state index is 0.198. The van der Waals surface area contributed by atoms with Crippen molar-refractivity contribution in [3.05, 3.63) is 30.1 Å². The number of aliphatic imine (C=N–C) groups is 1. The fraction of sp³-hybridized carbons (Fsp3) is 0.308. The molecule has 2 heterocycles. The maximum Gasteiger partial charge on any atom is 0.417 e. The van der Waals surface area contributed by atoms with Gasteiger partial charge < -0.3 is 10.4 Å². The van der Waals surface area contributed by atoms with Crippen molar-refractivity contribution in [1.29, 1.82) is 0 Å². The third-order valence-electron chi connectivity index (χ3n) is 3.02. The molecule has 1 aliphatic heterocycles. The molecule has 0 bridgehead atoms. The number of aromatic hydroxyl groups is 1. The Bertz CT molecular complexity index is 611. The second-order valence-electron chi connectivity index (χ2n) is 4.61. The number of anilines is 1. The van der Waals surface area contributed by atoms with E-state index in [0.717, 1.165) is 0 Å². The van der Waals surface area contributed by atoms with E-state index < -0.39 is 29.4 Å². The Morgan fingerprint density at radius 1 is 1.43 bits per heavy atom. The van der Waals surface area contributed by atoms with E-state index >= 15 is 0 Å². The highest BCUT2D eigenvalue weighted by molar-refractivity contribution is 5.96. The molecule has 0 fully saturated rings. The molecule has 5 nitrogen and oxygen atoms in total. The third-order valence-corrected chi connectivity index (χ3v) is 3.02. The van der Waals surface area contributed by atoms with Crippen molar-refractivity contribution in [2.75, 3.05) is 5.32 Å². The molecule has 8 heteroatoms. The summed E-state index contributed by atoms with van der Waals surface area (Å²) in [6, 6.07) is 0.644. The van der Waals surface area contributed by atoms with Crippen LogP contribution in [0.3, 0.4) is 0 Å². The number of aromatic nitrogens is 1. The summed E-state index contributed by atoms with van der Waals surface area (Å²) in [7, 11) is 0. The number of halogens is 3. The lowest BCUT2D eigenvalue weighted by molar-refractivity contribution is -0.137. The summed E-state index contributed by atoms with van der Waals surface area (Å²) in [5, 5.41) is 11.7. The predicted molar refractivity (Wildman–Crippen MR) is 69.8 cm³/mol. The lowest BCUT2D eigenvalue weighted by Crippen LogP contribution is -2.28. The van der Waals surface area contributed by atoms with Crippen LogP contribution in [0.5, 0.6) is 5.88 Å². The van der Waals surface area contributed by atoms with E-state index in [-0.39, 0.29) is 11.6 Å². The number of carbonyl (C=O) groups is 1. The van der Waals surface area contributed by atoms with Crippen molar-refractivity contribution in [2.24, 2.45) is 16.8 Å². The standard InChI is InChI=1S/C13H12F3N3O2/c1-7-5-17-3-2-9(7)11(20)19-10-4-8(13(14,15)16)6-18-12(10)21/h2-7,9H,1H3,(H,18,21)(H,19,20). The Labute approximate surface area is 118 Å². The van der Waals surface area contributed by atoms with Crippen LogP contribution in [0.2, 0.25) is 0 Å². The molecule has 0 radical (unpaired) electrons. The smallest absolute Gasteiger partial charge is 0.417 e. The monoisotopic (exact) mass is 299 g/mol. The number of hydrogen-bond donors (Lipinski definition) is 2. The van der Waals surface area contributed by atoms with E-state index in [0.29, 0.717) is 12.3 Å². The Hall–Kier alpha value is -2.38. The summed E-state index contributed by atoms with van der Waals surface area (Å²) in [6.07, 6.45) is 0.437. The number of nitrogens with zero attached hydrogens (tertiary/aromatic N) is 2. The van der Waals surface area contributed by atoms with Crippen LogP contribution in [-0.4, -0.2) is 22.2 Å². The van der Waals surface area contributed by atoms with Gasteiger partial charge in [-0.25, -0.2) is 4.98 Å². The van der Waals surface area contributed by atoms with Crippen molar-refractivity contribution in [3.63, 3.8) is 0 Å². The van der Waals surface area contributed by atoms with Gasteiger partial charge >= 0.3 is 6.18 Å². The van der Waals surface area contributed by atoms with Gasteiger partial charge in [0.1, 0.15) is 5.69 Å². The Morgan fingerprint density at radius 2 is 2.14 bits per heavy atom. The van der Waals surface area contributed by atoms with E-state index in [9.17, 15) is 23.1 Å². The second-order valence-corrected chi connectivity index (χ2v) is 4.61. The molecular formula is C13H12F3N3O2. The van der Waals surface area contributed by atoms with Crippen LogP contribution >= 0.6 is 0 Å². The van der Waals surface area contributed by atoms with Crippen LogP contribution in [0.1, 0.15) is 12.5 Å². The minimum Gasteiger partial charge on any atom is -0.492 e. The molecule has 112 valence electrons. The summed E-state index contributed by atoms with van der Waals surface area (Å²) < 4.78 is 37.8. The van der Waals surface area contributed by atoms with Crippen molar-refractivity contribution in [3.8, 4) is 5.88 Å². The summed E-state index contributed by atoms with van der Waals surface area (Å²) in [5.74, 6) is -1.98. The van der Waals surface area contributed by atoms with Gasteiger partial charge in [0.25, 0.3) is 0 Å². The molecule has 0 spiro atoms. The second kappa shape index (κ2) is 5.55. The normalized spacial score (nSPS) is 21.3. The van der Waals surface area contributed by atoms with Crippen LogP contribution in [0.15, 0.2) is 29.5 Å². The van der Waals surface area contributed by atoms with Gasteiger partial charge in [-0.05, 0) is 6.07 Å². The molecule has 0 saturated heterocycles. The van der Waals surface area contributed by atoms with Gasteiger partial charge in [-0.2, -0.15) is 13.2 Å². The zero-order chi connectivity index (χ0) is 15.6. The van der Waals surface area contributed by atoms with Gasteiger partial charge in [0, 0.05) is 24.5 Å². The molecule has 2 atom stereocenters. The Morgan fingerprint density at radius 3 is 2.76 bits per heavy atom. The molecule has 21 heavy (non-hydrogen) atoms. The highest BCUT2D eigenvalue weighted by Crippen LogP contribution is 2.33. The van der Waals surface area contributed by atoms with Gasteiger partial charge in [0.05, 0.1) is 11.5 Å². The van der Waals surface area contributed by atoms with E-state index in [4.69, 9.17) is 0 Å². The van der Waals surface area contributed by atoms with Gasteiger partial charge in [-0.1, -0.05) is 13.0 Å². The maximum absolute atomic E-state index is 12.6. The fourth-order valence-corrected chi connectivity index (χ4v) is 1.84. The van der Waals surface area contributed by atoms with Crippen LogP contribution in [0.4, 0.5) is 18.9 Å². The van der Waals surface area contributed by atoms with Crippen molar-refractivity contribution in [1.82, 2.24) is 4.98 Å². The average molecular weight is 299 g/mol. The number of amides is 1. The predicted octanol–water partition coefficient (Wildman–Crippen LogP) is 2.59. The van der Waals surface area contributed by atoms with E-state index in [1.165, 1.54) is 12.3 Å². The zero-order valence-corrected chi connectivity index (χ0v) is 10.9. The van der Waals surface area contributed by atoms with Gasteiger partial charge in [0.15, 0.2) is 0 Å². The quantitative estimate of drug-likeness (QED) is 0.881. The molecule has 0 aliphatic carbocycles. The van der Waals surface area contributed by atoms with E-state index in [2.05, 4.69) is 15.3 Å². The van der Waals surface area contributed by atoms with Crippen molar-refractivity contribution in [2.45, 2.75) is 13.1 Å². The SMILES string of the molecule is CC1C=NC=CC1C(=O)Nc1cc(C(F)(F)F)cnc1O. The summed E-state index contributed by atoms with van der Waals surface area (Å²) in [6.45, 7) is 1.75. The number of nitrogens with one attached hydrogen (secondary N) is 1. The highest BCUT2D eigenvalue weighted by atomic mass is 19.4. The Kier molecular flexibility index (Phi) is 3.97. The molecule has 1 aromatic rings. The van der Waals surface area contributed by atoms with Crippen LogP contribution in [0.25, 0.3) is 0 Å². The molecular weight excluding hydrogens is 287 g/mol. The molecule has 1 aromatic heterocycles. The van der Waals surface area contributed by atoms with E-state index in [1.807, 2.05) is 0 Å². The topological polar surface area (TPSA) is 74.6 Å². The lowest BCUT2D eigenvalue weighted by atomic mass is 9.92. The number of hydrogen-bond acceptors (Lipinski definition) is 4. The van der Waals surface area contributed by atoms with Crippen LogP contribution in [-0.2, 0) is 11.0 Å². The number of carbonyl (C=O) groups excluding carboxylic acids is 1. The zero-order valence-electron chi connectivity index (χ0n) is 10.9. The first-order chi connectivity index (χ1) is 9.79. The van der Waals surface area contributed by atoms with E-state index in [1.54, 1.807) is 13.1 Å². The highest BCUT2D eigenvalue weighted by Gasteiger charge is 2.32. The molecule has 2 unspecified atom stereocenters. The molecule has 1 amide bonds. The molecule has 0 saturated carbocycles. The maximum atomic E-state index is 12.6. The Balaban J connectivity index is 2.21. The van der Waals surface area contributed by atoms with Crippen LogP contribution < -0.4 is 5.32 Å². The average Bonchev–Trinajstić information content (AvgIpc) is 2.40. The van der Waals surface area contributed by atoms with Crippen molar-refractivity contribution >= 4 is 17.8 Å². The third kappa shape index (κ3) is 3.39. The van der Waals surface area contributed by atoms with Gasteiger partial charge in [-0.15, -0.1) is 0 Å². The fourth-order valence-electron chi connectivity index (χ4n) is 1.84. The van der Waals surface area contributed by atoms with Crippen LogP contribution in [0, 0.1) is 11.8 Å². The first-order valence-electron chi connectivity index (χ1n) is 6.06. The number of rotatable bonds is 2. The molecule has 1 aliphatic rings. The molecule has 2 rings (SSSR count). The largest absolute Gasteiger partial charge is 0.492 e. The van der Waals surface area contributed by atoms with Gasteiger partial charge in [0.2, 0.25) is 11.8 Å². The molecule has 0 aromatic carbocycles. The van der Waals surface area contributed by atoms with Gasteiger partial charge in [-0.3, -0.25) is 9.79 Å². The van der Waals surface area contributed by atoms with Crippen molar-refractivity contribution < 1.29 is 23.1 Å². The summed E-state index contributed by atoms with van der Waals surface area (Å²) >= 11 is 0. The first kappa shape index (κ1) is 15.0. The number of alkyl halides is 3. The summed E-state index contributed by atoms with van der Waals surface area (Å²) in [5.41, 5.74) is -1.43. The first-order valence-corrected chi connectivity index (χ1v) is 6.06.